The van der Waals surface area contributed by atoms with E-state index in [0.717, 1.165) is 38.4 Å². The third-order valence-electron chi connectivity index (χ3n) is 7.09. The lowest BCUT2D eigenvalue weighted by atomic mass is 9.84. The van der Waals surface area contributed by atoms with Gasteiger partial charge in [0, 0.05) is 16.3 Å². The number of amides is 2. The maximum atomic E-state index is 13.9. The molecule has 0 saturated heterocycles. The highest BCUT2D eigenvalue weighted by atomic mass is 16.5. The van der Waals surface area contributed by atoms with Gasteiger partial charge in [-0.25, -0.2) is 4.90 Å². The van der Waals surface area contributed by atoms with Crippen LogP contribution in [0.5, 0.6) is 11.5 Å². The van der Waals surface area contributed by atoms with Gasteiger partial charge >= 0.3 is 0 Å². The first kappa shape index (κ1) is 22.2. The third kappa shape index (κ3) is 3.04. The number of hydrogen-bond acceptors (Lipinski definition) is 4. The average molecular weight is 479 g/mol. The highest BCUT2D eigenvalue weighted by molar-refractivity contribution is 6.43. The molecule has 6 nitrogen and oxygen atoms in total. The van der Waals surface area contributed by atoms with Gasteiger partial charge in [-0.05, 0) is 70.3 Å². The zero-order valence-electron chi connectivity index (χ0n) is 20.9. The number of hydrogen-bond donors (Lipinski definition) is 1. The smallest absolute Gasteiger partial charge is 0.268 e. The fourth-order valence-electron chi connectivity index (χ4n) is 5.18. The van der Waals surface area contributed by atoms with Crippen molar-refractivity contribution in [3.63, 3.8) is 0 Å². The number of nitrogens with one attached hydrogen (secondary N) is 1. The molecule has 1 aliphatic heterocycles. The predicted molar refractivity (Wildman–Crippen MR) is 143 cm³/mol. The molecule has 4 aromatic carbocycles. The van der Waals surface area contributed by atoms with E-state index in [2.05, 4.69) is 44.0 Å². The number of anilines is 1. The summed E-state index contributed by atoms with van der Waals surface area (Å²) in [5, 5.41) is 3.57. The molecule has 1 aliphatic rings. The molecular formula is C30H26N2O4. The minimum Gasteiger partial charge on any atom is -0.497 e. The first-order valence-electron chi connectivity index (χ1n) is 11.9. The number of carbonyl (C=O) groups excluding carboxylic acids is 2. The number of imide groups is 1. The quantitative estimate of drug-likeness (QED) is 0.297. The van der Waals surface area contributed by atoms with Crippen LogP contribution >= 0.6 is 0 Å². The Labute approximate surface area is 208 Å². The highest BCUT2D eigenvalue weighted by Gasteiger charge is 2.41. The average Bonchev–Trinajstić information content (AvgIpc) is 3.37. The van der Waals surface area contributed by atoms with Crippen molar-refractivity contribution in [1.29, 1.82) is 0 Å². The SMILES string of the molecule is COc1ccc(N2C(=O)c3c(c4[nH]c5ccc(OC)cc5c4c4ccc(C(C)(C)C)cc34)C2=O)cc1. The number of benzene rings is 4. The van der Waals surface area contributed by atoms with Gasteiger partial charge in [-0.3, -0.25) is 9.59 Å². The molecule has 1 N–H and O–H groups in total. The first-order valence-corrected chi connectivity index (χ1v) is 11.9. The lowest BCUT2D eigenvalue weighted by Crippen LogP contribution is -2.29. The molecule has 36 heavy (non-hydrogen) atoms. The van der Waals surface area contributed by atoms with Crippen molar-refractivity contribution in [2.75, 3.05) is 19.1 Å². The third-order valence-corrected chi connectivity index (χ3v) is 7.09. The Balaban J connectivity index is 1.72. The van der Waals surface area contributed by atoms with Gasteiger partial charge in [0.25, 0.3) is 11.8 Å². The van der Waals surface area contributed by atoms with Gasteiger partial charge in [-0.1, -0.05) is 32.9 Å². The van der Waals surface area contributed by atoms with Gasteiger partial charge in [0.2, 0.25) is 0 Å². The van der Waals surface area contributed by atoms with E-state index in [1.807, 2.05) is 18.2 Å². The van der Waals surface area contributed by atoms with Crippen LogP contribution in [0.1, 0.15) is 47.1 Å². The topological polar surface area (TPSA) is 71.6 Å². The summed E-state index contributed by atoms with van der Waals surface area (Å²) < 4.78 is 10.7. The minimum absolute atomic E-state index is 0.124. The second-order valence-corrected chi connectivity index (χ2v) is 10.2. The molecule has 5 aromatic rings. The molecule has 0 unspecified atom stereocenters. The Morgan fingerprint density at radius 3 is 2.06 bits per heavy atom. The molecule has 2 amide bonds. The van der Waals surface area contributed by atoms with Crippen LogP contribution in [0.15, 0.2) is 60.7 Å². The van der Waals surface area contributed by atoms with Crippen LogP contribution in [0.25, 0.3) is 32.6 Å². The highest BCUT2D eigenvalue weighted by Crippen LogP contribution is 2.44. The van der Waals surface area contributed by atoms with Crippen LogP contribution in [-0.2, 0) is 5.41 Å². The Bertz CT molecular complexity index is 1720. The number of nitrogens with zero attached hydrogens (tertiary/aromatic N) is 1. The molecule has 0 aliphatic carbocycles. The van der Waals surface area contributed by atoms with Crippen molar-refractivity contribution in [3.8, 4) is 11.5 Å². The number of methoxy groups -OCH3 is 2. The number of carbonyl (C=O) groups is 2. The molecule has 0 spiro atoms. The summed E-state index contributed by atoms with van der Waals surface area (Å²) in [6.07, 6.45) is 0. The Morgan fingerprint density at radius 2 is 1.39 bits per heavy atom. The van der Waals surface area contributed by atoms with Crippen molar-refractivity contribution < 1.29 is 19.1 Å². The molecule has 6 heteroatoms. The Hall–Kier alpha value is -4.32. The van der Waals surface area contributed by atoms with Crippen LogP contribution < -0.4 is 14.4 Å². The van der Waals surface area contributed by atoms with Crippen LogP contribution in [0, 0.1) is 0 Å². The lowest BCUT2D eigenvalue weighted by molar-refractivity contribution is 0.0927. The Kier molecular flexibility index (Phi) is 4.67. The van der Waals surface area contributed by atoms with Gasteiger partial charge in [0.05, 0.1) is 36.6 Å². The standard InChI is InChI=1S/C30H26N2O4/c1-30(2,3)16-6-12-20-21(14-16)25-26(27-24(20)22-15-19(36-5)11-13-23(22)31-27)29(34)32(28(25)33)17-7-9-18(35-4)10-8-17/h6-15,31H,1-5H3. The van der Waals surface area contributed by atoms with Crippen molar-refractivity contribution >= 4 is 50.1 Å². The number of H-pyrrole nitrogens is 1. The van der Waals surface area contributed by atoms with E-state index in [9.17, 15) is 9.59 Å². The second kappa shape index (κ2) is 7.59. The Morgan fingerprint density at radius 1 is 0.722 bits per heavy atom. The lowest BCUT2D eigenvalue weighted by Gasteiger charge is -2.20. The molecule has 0 saturated carbocycles. The summed E-state index contributed by atoms with van der Waals surface area (Å²) in [6.45, 7) is 6.42. The van der Waals surface area contributed by atoms with E-state index in [0.29, 0.717) is 28.1 Å². The normalized spacial score (nSPS) is 13.8. The fourth-order valence-corrected chi connectivity index (χ4v) is 5.18. The number of aromatic nitrogens is 1. The molecule has 0 fully saturated rings. The van der Waals surface area contributed by atoms with Gasteiger partial charge in [0.15, 0.2) is 0 Å². The summed E-state index contributed by atoms with van der Waals surface area (Å²) in [5.74, 6) is 0.717. The molecule has 180 valence electrons. The van der Waals surface area contributed by atoms with Crippen LogP contribution in [0.4, 0.5) is 5.69 Å². The van der Waals surface area contributed by atoms with E-state index in [1.54, 1.807) is 38.5 Å². The van der Waals surface area contributed by atoms with Crippen molar-refractivity contribution in [2.24, 2.45) is 0 Å². The van der Waals surface area contributed by atoms with E-state index in [4.69, 9.17) is 9.47 Å². The van der Waals surface area contributed by atoms with E-state index in [-0.39, 0.29) is 17.2 Å². The van der Waals surface area contributed by atoms with Crippen molar-refractivity contribution in [1.82, 2.24) is 4.98 Å². The molecule has 0 radical (unpaired) electrons. The molecule has 1 aromatic heterocycles. The second-order valence-electron chi connectivity index (χ2n) is 10.2. The zero-order valence-corrected chi connectivity index (χ0v) is 20.9. The van der Waals surface area contributed by atoms with Crippen LogP contribution in [0.3, 0.4) is 0 Å². The van der Waals surface area contributed by atoms with Crippen LogP contribution in [0.2, 0.25) is 0 Å². The summed E-state index contributed by atoms with van der Waals surface area (Å²) in [5.41, 5.74) is 3.86. The minimum atomic E-state index is -0.341. The molecule has 0 atom stereocenters. The van der Waals surface area contributed by atoms with Crippen molar-refractivity contribution in [3.05, 3.63) is 77.4 Å². The van der Waals surface area contributed by atoms with Gasteiger partial charge < -0.3 is 14.5 Å². The fraction of sp³-hybridized carbons (Fsp3) is 0.200. The predicted octanol–water partition coefficient (Wildman–Crippen LogP) is 6.59. The van der Waals surface area contributed by atoms with Crippen LogP contribution in [-0.4, -0.2) is 31.0 Å². The maximum absolute atomic E-state index is 13.9. The summed E-state index contributed by atoms with van der Waals surface area (Å²) >= 11 is 0. The molecule has 6 rings (SSSR count). The summed E-state index contributed by atoms with van der Waals surface area (Å²) in [6, 6.07) is 19.0. The number of fused-ring (bicyclic) bond motifs is 8. The monoisotopic (exact) mass is 478 g/mol. The molecule has 0 bridgehead atoms. The van der Waals surface area contributed by atoms with Gasteiger partial charge in [0.1, 0.15) is 11.5 Å². The number of rotatable bonds is 3. The zero-order chi connectivity index (χ0) is 25.4. The summed E-state index contributed by atoms with van der Waals surface area (Å²) in [7, 11) is 3.22. The largest absolute Gasteiger partial charge is 0.497 e. The number of aromatic amines is 1. The van der Waals surface area contributed by atoms with E-state index >= 15 is 0 Å². The first-order chi connectivity index (χ1) is 17.2. The van der Waals surface area contributed by atoms with Gasteiger partial charge in [-0.15, -0.1) is 0 Å². The molecule has 2 heterocycles. The number of ether oxygens (including phenoxy) is 2. The van der Waals surface area contributed by atoms with Crippen molar-refractivity contribution in [2.45, 2.75) is 26.2 Å². The van der Waals surface area contributed by atoms with Gasteiger partial charge in [-0.2, -0.15) is 0 Å². The van der Waals surface area contributed by atoms with E-state index in [1.165, 1.54) is 4.90 Å². The van der Waals surface area contributed by atoms with E-state index < -0.39 is 0 Å². The maximum Gasteiger partial charge on any atom is 0.268 e. The molecular weight excluding hydrogens is 452 g/mol. The summed E-state index contributed by atoms with van der Waals surface area (Å²) in [4.78, 5) is 32.6.